The summed E-state index contributed by atoms with van der Waals surface area (Å²) >= 11 is 0. The number of carboxylic acid groups (broad SMARTS) is 1. The molecule has 1 aromatic carbocycles. The van der Waals surface area contributed by atoms with Crippen LogP contribution in [0, 0.1) is 0 Å². The molecule has 0 radical (unpaired) electrons. The number of nitrogens with zero attached hydrogens (tertiary/aromatic N) is 3. The number of amides is 2. The van der Waals surface area contributed by atoms with Gasteiger partial charge in [-0.2, -0.15) is 0 Å². The third-order valence-electron chi connectivity index (χ3n) is 5.53. The van der Waals surface area contributed by atoms with E-state index in [1.807, 2.05) is 19.2 Å². The summed E-state index contributed by atoms with van der Waals surface area (Å²) in [5.74, 6) is 0.0922. The SMILES string of the molecule is CN1C(=O)CN2c3c1cccc3C1(C)CN(C(=O)O)CCC21. The average molecular weight is 301 g/mol. The minimum atomic E-state index is -0.862. The number of fused-ring (bicyclic) bond motifs is 3. The first-order valence-electron chi connectivity index (χ1n) is 7.58. The van der Waals surface area contributed by atoms with Crippen LogP contribution in [0.4, 0.5) is 16.2 Å². The average Bonchev–Trinajstić information content (AvgIpc) is 2.74. The summed E-state index contributed by atoms with van der Waals surface area (Å²) in [6.45, 7) is 3.52. The van der Waals surface area contributed by atoms with Crippen LogP contribution in [0.2, 0.25) is 0 Å². The Morgan fingerprint density at radius 3 is 2.91 bits per heavy atom. The minimum absolute atomic E-state index is 0.0922. The summed E-state index contributed by atoms with van der Waals surface area (Å²) < 4.78 is 0. The van der Waals surface area contributed by atoms with Crippen LogP contribution in [0.5, 0.6) is 0 Å². The Bertz CT molecular complexity index is 689. The molecule has 0 spiro atoms. The van der Waals surface area contributed by atoms with E-state index in [4.69, 9.17) is 0 Å². The van der Waals surface area contributed by atoms with Crippen LogP contribution in [0.1, 0.15) is 18.9 Å². The highest BCUT2D eigenvalue weighted by Crippen LogP contribution is 2.53. The molecule has 0 bridgehead atoms. The first kappa shape index (κ1) is 13.4. The number of anilines is 2. The number of piperidine rings is 1. The summed E-state index contributed by atoms with van der Waals surface area (Å²) in [6.07, 6.45) is -0.104. The van der Waals surface area contributed by atoms with E-state index in [0.29, 0.717) is 19.6 Å². The van der Waals surface area contributed by atoms with Crippen LogP contribution in [-0.4, -0.2) is 54.7 Å². The Kier molecular flexibility index (Phi) is 2.53. The molecular formula is C16H19N3O3. The van der Waals surface area contributed by atoms with Crippen molar-refractivity contribution in [2.24, 2.45) is 0 Å². The molecule has 1 aromatic rings. The Hall–Kier alpha value is -2.24. The molecule has 0 aromatic heterocycles. The largest absolute Gasteiger partial charge is 0.465 e. The van der Waals surface area contributed by atoms with Gasteiger partial charge in [0.15, 0.2) is 0 Å². The quantitative estimate of drug-likeness (QED) is 0.788. The molecule has 3 aliphatic heterocycles. The van der Waals surface area contributed by atoms with Gasteiger partial charge in [0.1, 0.15) is 0 Å². The zero-order chi connectivity index (χ0) is 15.6. The lowest BCUT2D eigenvalue weighted by molar-refractivity contribution is -0.117. The molecule has 2 atom stereocenters. The van der Waals surface area contributed by atoms with Gasteiger partial charge in [-0.15, -0.1) is 0 Å². The van der Waals surface area contributed by atoms with Crippen LogP contribution in [0.15, 0.2) is 18.2 Å². The van der Waals surface area contributed by atoms with E-state index < -0.39 is 6.09 Å². The number of likely N-dealkylation sites (N-methyl/N-ethyl adjacent to an activating group) is 1. The number of hydrogen-bond donors (Lipinski definition) is 1. The lowest BCUT2D eigenvalue weighted by Gasteiger charge is -2.45. The fourth-order valence-electron chi connectivity index (χ4n) is 4.40. The van der Waals surface area contributed by atoms with Gasteiger partial charge in [0.25, 0.3) is 0 Å². The third-order valence-corrected chi connectivity index (χ3v) is 5.53. The van der Waals surface area contributed by atoms with Gasteiger partial charge in [-0.05, 0) is 18.1 Å². The van der Waals surface area contributed by atoms with Crippen LogP contribution < -0.4 is 9.80 Å². The fourth-order valence-corrected chi connectivity index (χ4v) is 4.40. The summed E-state index contributed by atoms with van der Waals surface area (Å²) in [6, 6.07) is 6.21. The Labute approximate surface area is 128 Å². The predicted octanol–water partition coefficient (Wildman–Crippen LogP) is 1.49. The number of carbonyl (C=O) groups is 2. The highest BCUT2D eigenvalue weighted by Gasteiger charge is 2.54. The predicted molar refractivity (Wildman–Crippen MR) is 82.6 cm³/mol. The molecule has 1 fully saturated rings. The molecule has 1 saturated heterocycles. The van der Waals surface area contributed by atoms with Crippen molar-refractivity contribution in [3.63, 3.8) is 0 Å². The summed E-state index contributed by atoms with van der Waals surface area (Å²) in [5, 5.41) is 9.34. The topological polar surface area (TPSA) is 64.1 Å². The maximum atomic E-state index is 12.3. The normalized spacial score (nSPS) is 29.5. The second-order valence-electron chi connectivity index (χ2n) is 6.68. The molecular weight excluding hydrogens is 282 g/mol. The number of benzene rings is 1. The number of hydrogen-bond acceptors (Lipinski definition) is 3. The van der Waals surface area contributed by atoms with Gasteiger partial charge in [0.2, 0.25) is 5.91 Å². The molecule has 1 N–H and O–H groups in total. The lowest BCUT2D eigenvalue weighted by Crippen LogP contribution is -2.58. The van der Waals surface area contributed by atoms with E-state index in [1.54, 1.807) is 4.90 Å². The molecule has 3 aliphatic rings. The van der Waals surface area contributed by atoms with Gasteiger partial charge >= 0.3 is 6.09 Å². The summed E-state index contributed by atoms with van der Waals surface area (Å²) in [4.78, 5) is 29.1. The van der Waals surface area contributed by atoms with Crippen molar-refractivity contribution < 1.29 is 14.7 Å². The van der Waals surface area contributed by atoms with E-state index in [9.17, 15) is 14.7 Å². The zero-order valence-electron chi connectivity index (χ0n) is 12.7. The smallest absolute Gasteiger partial charge is 0.407 e. The number of rotatable bonds is 0. The molecule has 6 nitrogen and oxygen atoms in total. The van der Waals surface area contributed by atoms with Crippen molar-refractivity contribution in [1.82, 2.24) is 4.90 Å². The molecule has 3 heterocycles. The second-order valence-corrected chi connectivity index (χ2v) is 6.68. The van der Waals surface area contributed by atoms with E-state index in [0.717, 1.165) is 17.8 Å². The first-order valence-corrected chi connectivity index (χ1v) is 7.58. The molecule has 2 unspecified atom stereocenters. The van der Waals surface area contributed by atoms with Gasteiger partial charge in [0, 0.05) is 31.6 Å². The number of para-hydroxylation sites is 1. The van der Waals surface area contributed by atoms with Gasteiger partial charge in [0.05, 0.1) is 17.9 Å². The van der Waals surface area contributed by atoms with Crippen molar-refractivity contribution in [2.75, 3.05) is 36.5 Å². The Morgan fingerprint density at radius 1 is 1.41 bits per heavy atom. The van der Waals surface area contributed by atoms with Gasteiger partial charge in [-0.1, -0.05) is 19.1 Å². The number of likely N-dealkylation sites (tertiary alicyclic amines) is 1. The number of carbonyl (C=O) groups excluding carboxylic acids is 1. The van der Waals surface area contributed by atoms with Crippen molar-refractivity contribution in [3.8, 4) is 0 Å². The standard InChI is InChI=1S/C16H19N3O3/c1-16-9-18(15(21)22)7-6-12(16)19-8-13(20)17(2)11-5-3-4-10(16)14(11)19/h3-5,12H,6-9H2,1-2H3,(H,21,22). The van der Waals surface area contributed by atoms with Crippen molar-refractivity contribution in [3.05, 3.63) is 23.8 Å². The minimum Gasteiger partial charge on any atom is -0.465 e. The second kappa shape index (κ2) is 4.15. The van der Waals surface area contributed by atoms with E-state index in [2.05, 4.69) is 17.9 Å². The van der Waals surface area contributed by atoms with Crippen LogP contribution in [-0.2, 0) is 10.2 Å². The molecule has 4 rings (SSSR count). The van der Waals surface area contributed by atoms with E-state index in [1.165, 1.54) is 10.5 Å². The van der Waals surface area contributed by atoms with Crippen molar-refractivity contribution >= 4 is 23.4 Å². The van der Waals surface area contributed by atoms with E-state index in [-0.39, 0.29) is 17.4 Å². The molecule has 0 saturated carbocycles. The maximum absolute atomic E-state index is 12.3. The zero-order valence-corrected chi connectivity index (χ0v) is 12.7. The molecule has 6 heteroatoms. The van der Waals surface area contributed by atoms with Crippen LogP contribution >= 0.6 is 0 Å². The first-order chi connectivity index (χ1) is 10.4. The highest BCUT2D eigenvalue weighted by molar-refractivity contribution is 6.04. The summed E-state index contributed by atoms with van der Waals surface area (Å²) in [7, 11) is 1.81. The fraction of sp³-hybridized carbons (Fsp3) is 0.500. The molecule has 0 aliphatic carbocycles. The highest BCUT2D eigenvalue weighted by atomic mass is 16.4. The van der Waals surface area contributed by atoms with Gasteiger partial charge < -0.3 is 19.8 Å². The molecule has 2 amide bonds. The van der Waals surface area contributed by atoms with E-state index >= 15 is 0 Å². The van der Waals surface area contributed by atoms with Crippen molar-refractivity contribution in [2.45, 2.75) is 24.8 Å². The lowest BCUT2D eigenvalue weighted by atomic mass is 9.74. The monoisotopic (exact) mass is 301 g/mol. The van der Waals surface area contributed by atoms with Crippen LogP contribution in [0.25, 0.3) is 0 Å². The maximum Gasteiger partial charge on any atom is 0.407 e. The van der Waals surface area contributed by atoms with Crippen molar-refractivity contribution in [1.29, 1.82) is 0 Å². The van der Waals surface area contributed by atoms with Crippen LogP contribution in [0.3, 0.4) is 0 Å². The Morgan fingerprint density at radius 2 is 2.18 bits per heavy atom. The molecule has 116 valence electrons. The third kappa shape index (κ3) is 1.50. The summed E-state index contributed by atoms with van der Waals surface area (Å²) in [5.41, 5.74) is 2.96. The van der Waals surface area contributed by atoms with Gasteiger partial charge in [-0.3, -0.25) is 4.79 Å². The van der Waals surface area contributed by atoms with Gasteiger partial charge in [-0.25, -0.2) is 4.79 Å². The Balaban J connectivity index is 1.87. The molecule has 22 heavy (non-hydrogen) atoms.